The van der Waals surface area contributed by atoms with Crippen molar-refractivity contribution in [3.8, 4) is 5.69 Å². The molecule has 0 saturated heterocycles. The first-order chi connectivity index (χ1) is 14.4. The molecule has 7 nitrogen and oxygen atoms in total. The number of nitrogens with zero attached hydrogens (tertiary/aromatic N) is 5. The lowest BCUT2D eigenvalue weighted by atomic mass is 10.1. The van der Waals surface area contributed by atoms with Crippen LogP contribution in [0.5, 0.6) is 0 Å². The van der Waals surface area contributed by atoms with Gasteiger partial charge in [0.05, 0.1) is 17.8 Å². The van der Waals surface area contributed by atoms with E-state index in [4.69, 9.17) is 11.6 Å². The van der Waals surface area contributed by atoms with Crippen LogP contribution in [0.15, 0.2) is 55.1 Å². The van der Waals surface area contributed by atoms with Crippen molar-refractivity contribution in [2.24, 2.45) is 0 Å². The first kappa shape index (κ1) is 19.8. The topological polar surface area (TPSA) is 77.6 Å². The van der Waals surface area contributed by atoms with Crippen LogP contribution in [0, 0.1) is 19.7 Å². The Balaban J connectivity index is 1.54. The summed E-state index contributed by atoms with van der Waals surface area (Å²) in [5.41, 5.74) is 3.44. The lowest BCUT2D eigenvalue weighted by molar-refractivity contribution is 0.102. The summed E-state index contributed by atoms with van der Waals surface area (Å²) in [6.07, 6.45) is 2.70. The number of rotatable bonds is 5. The van der Waals surface area contributed by atoms with Gasteiger partial charge in [0.1, 0.15) is 23.5 Å². The van der Waals surface area contributed by atoms with Crippen LogP contribution in [0.4, 0.5) is 10.1 Å². The fourth-order valence-electron chi connectivity index (χ4n) is 3.08. The van der Waals surface area contributed by atoms with Gasteiger partial charge in [-0.3, -0.25) is 4.79 Å². The predicted octanol–water partition coefficient (Wildman–Crippen LogP) is 4.17. The van der Waals surface area contributed by atoms with Gasteiger partial charge in [-0.15, -0.1) is 0 Å². The van der Waals surface area contributed by atoms with Gasteiger partial charge in [0.2, 0.25) is 0 Å². The highest BCUT2D eigenvalue weighted by atomic mass is 35.5. The Kier molecular flexibility index (Phi) is 5.33. The molecule has 2 heterocycles. The molecule has 0 atom stereocenters. The van der Waals surface area contributed by atoms with Gasteiger partial charge < -0.3 is 5.32 Å². The van der Waals surface area contributed by atoms with Gasteiger partial charge in [0, 0.05) is 5.69 Å². The summed E-state index contributed by atoms with van der Waals surface area (Å²) in [6, 6.07) is 12.3. The molecule has 0 aliphatic heterocycles. The fourth-order valence-corrected chi connectivity index (χ4v) is 3.40. The van der Waals surface area contributed by atoms with E-state index < -0.39 is 11.7 Å². The highest BCUT2D eigenvalue weighted by molar-refractivity contribution is 6.33. The Labute approximate surface area is 177 Å². The van der Waals surface area contributed by atoms with E-state index >= 15 is 0 Å². The number of carbonyl (C=O) groups is 1. The molecule has 0 aliphatic rings. The van der Waals surface area contributed by atoms with Crippen molar-refractivity contribution in [2.75, 3.05) is 5.32 Å². The zero-order valence-electron chi connectivity index (χ0n) is 16.3. The number of carbonyl (C=O) groups excluding carboxylic acids is 1. The van der Waals surface area contributed by atoms with Crippen LogP contribution in [0.1, 0.15) is 27.2 Å². The zero-order chi connectivity index (χ0) is 21.3. The summed E-state index contributed by atoms with van der Waals surface area (Å²) in [4.78, 5) is 16.6. The van der Waals surface area contributed by atoms with Crippen molar-refractivity contribution < 1.29 is 9.18 Å². The molecule has 1 N–H and O–H groups in total. The highest BCUT2D eigenvalue weighted by Crippen LogP contribution is 2.24. The van der Waals surface area contributed by atoms with Crippen LogP contribution in [0.25, 0.3) is 5.69 Å². The fraction of sp³-hybridized carbons (Fsp3) is 0.143. The standard InChI is InChI=1S/C21H18ClFN6O/c1-13-3-5-15(6-4-13)10-28-20(22)19(14(2)27-28)21(30)26-16-7-8-18(17(23)9-16)29-12-24-11-25-29/h3-9,11-12H,10H2,1-2H3,(H,26,30). The first-order valence-electron chi connectivity index (χ1n) is 9.16. The Bertz CT molecular complexity index is 1200. The van der Waals surface area contributed by atoms with Gasteiger partial charge in [-0.05, 0) is 37.6 Å². The number of benzene rings is 2. The van der Waals surface area contributed by atoms with E-state index in [1.165, 1.54) is 29.5 Å². The normalized spacial score (nSPS) is 10.9. The number of halogens is 2. The maximum absolute atomic E-state index is 14.4. The third kappa shape index (κ3) is 3.95. The SMILES string of the molecule is Cc1ccc(Cn2nc(C)c(C(=O)Nc3ccc(-n4cncn4)c(F)c3)c2Cl)cc1. The van der Waals surface area contributed by atoms with E-state index in [1.807, 2.05) is 31.2 Å². The molecule has 2 aromatic carbocycles. The minimum Gasteiger partial charge on any atom is -0.322 e. The van der Waals surface area contributed by atoms with Crippen molar-refractivity contribution in [3.63, 3.8) is 0 Å². The zero-order valence-corrected chi connectivity index (χ0v) is 17.1. The van der Waals surface area contributed by atoms with E-state index in [2.05, 4.69) is 20.5 Å². The number of hydrogen-bond acceptors (Lipinski definition) is 4. The molecule has 0 unspecified atom stereocenters. The van der Waals surface area contributed by atoms with Crippen LogP contribution in [-0.2, 0) is 6.54 Å². The number of anilines is 1. The maximum Gasteiger partial charge on any atom is 0.260 e. The minimum atomic E-state index is -0.545. The summed E-state index contributed by atoms with van der Waals surface area (Å²) in [7, 11) is 0. The third-order valence-electron chi connectivity index (χ3n) is 4.62. The van der Waals surface area contributed by atoms with E-state index in [-0.39, 0.29) is 16.4 Å². The molecule has 1 amide bonds. The third-order valence-corrected chi connectivity index (χ3v) is 5.00. The summed E-state index contributed by atoms with van der Waals surface area (Å²) >= 11 is 6.44. The van der Waals surface area contributed by atoms with Crippen LogP contribution in [-0.4, -0.2) is 30.5 Å². The maximum atomic E-state index is 14.4. The van der Waals surface area contributed by atoms with Crippen LogP contribution in [0.2, 0.25) is 5.15 Å². The van der Waals surface area contributed by atoms with E-state index in [0.717, 1.165) is 11.1 Å². The van der Waals surface area contributed by atoms with E-state index in [0.29, 0.717) is 17.9 Å². The van der Waals surface area contributed by atoms with E-state index in [9.17, 15) is 9.18 Å². The Morgan fingerprint density at radius 3 is 2.60 bits per heavy atom. The molecule has 0 fully saturated rings. The van der Waals surface area contributed by atoms with Crippen LogP contribution >= 0.6 is 11.6 Å². The largest absolute Gasteiger partial charge is 0.322 e. The molecule has 0 radical (unpaired) electrons. The summed E-state index contributed by atoms with van der Waals surface area (Å²) in [6.45, 7) is 4.16. The molecular formula is C21H18ClFN6O. The van der Waals surface area contributed by atoms with Gasteiger partial charge in [0.15, 0.2) is 5.82 Å². The molecule has 4 aromatic rings. The second kappa shape index (κ2) is 8.08. The molecule has 9 heteroatoms. The number of aryl methyl sites for hydroxylation is 2. The molecule has 0 bridgehead atoms. The van der Waals surface area contributed by atoms with Gasteiger partial charge in [-0.1, -0.05) is 41.4 Å². The molecule has 0 saturated carbocycles. The van der Waals surface area contributed by atoms with Gasteiger partial charge in [-0.25, -0.2) is 18.7 Å². The van der Waals surface area contributed by atoms with Crippen molar-refractivity contribution in [2.45, 2.75) is 20.4 Å². The quantitative estimate of drug-likeness (QED) is 0.521. The average Bonchev–Trinajstić information content (AvgIpc) is 3.32. The van der Waals surface area contributed by atoms with Crippen molar-refractivity contribution in [1.29, 1.82) is 0 Å². The lowest BCUT2D eigenvalue weighted by Crippen LogP contribution is -2.14. The second-order valence-corrected chi connectivity index (χ2v) is 7.21. The molecular weight excluding hydrogens is 407 g/mol. The van der Waals surface area contributed by atoms with Gasteiger partial charge in [-0.2, -0.15) is 10.2 Å². The minimum absolute atomic E-state index is 0.227. The number of nitrogens with one attached hydrogen (secondary N) is 1. The Morgan fingerprint density at radius 2 is 1.93 bits per heavy atom. The molecule has 2 aromatic heterocycles. The number of aromatic nitrogens is 5. The van der Waals surface area contributed by atoms with Crippen molar-refractivity contribution >= 4 is 23.2 Å². The second-order valence-electron chi connectivity index (χ2n) is 6.85. The Hall–Kier alpha value is -3.52. The molecule has 152 valence electrons. The predicted molar refractivity (Wildman–Crippen MR) is 112 cm³/mol. The lowest BCUT2D eigenvalue weighted by Gasteiger charge is -2.08. The van der Waals surface area contributed by atoms with Crippen LogP contribution < -0.4 is 5.32 Å². The summed E-state index contributed by atoms with van der Waals surface area (Å²) < 4.78 is 17.3. The van der Waals surface area contributed by atoms with Gasteiger partial charge >= 0.3 is 0 Å². The number of hydrogen-bond donors (Lipinski definition) is 1. The van der Waals surface area contributed by atoms with Crippen molar-refractivity contribution in [3.05, 3.63) is 88.5 Å². The number of amides is 1. The van der Waals surface area contributed by atoms with Crippen molar-refractivity contribution in [1.82, 2.24) is 24.5 Å². The summed E-state index contributed by atoms with van der Waals surface area (Å²) in [5, 5.41) is 11.2. The van der Waals surface area contributed by atoms with E-state index in [1.54, 1.807) is 17.7 Å². The molecule has 0 spiro atoms. The Morgan fingerprint density at radius 1 is 1.17 bits per heavy atom. The van der Waals surface area contributed by atoms with Gasteiger partial charge in [0.25, 0.3) is 5.91 Å². The molecule has 0 aliphatic carbocycles. The monoisotopic (exact) mass is 424 g/mol. The summed E-state index contributed by atoms with van der Waals surface area (Å²) in [5.74, 6) is -1.00. The first-order valence-corrected chi connectivity index (χ1v) is 9.54. The van der Waals surface area contributed by atoms with Crippen LogP contribution in [0.3, 0.4) is 0 Å². The highest BCUT2D eigenvalue weighted by Gasteiger charge is 2.21. The molecule has 4 rings (SSSR count). The smallest absolute Gasteiger partial charge is 0.260 e. The average molecular weight is 425 g/mol. The molecule has 30 heavy (non-hydrogen) atoms.